The molecule has 0 radical (unpaired) electrons. The quantitative estimate of drug-likeness (QED) is 0.848. The molecular weight excluding hydrogens is 222 g/mol. The number of fused-ring (bicyclic) bond motifs is 1. The van der Waals surface area contributed by atoms with Crippen molar-refractivity contribution < 1.29 is 0 Å². The Morgan fingerprint density at radius 2 is 2.00 bits per heavy atom. The molecule has 0 amide bonds. The molecule has 0 saturated carbocycles. The minimum Gasteiger partial charge on any atom is -0.367 e. The molecule has 0 bridgehead atoms. The highest BCUT2D eigenvalue weighted by Gasteiger charge is 2.13. The Morgan fingerprint density at radius 3 is 2.72 bits per heavy atom. The summed E-state index contributed by atoms with van der Waals surface area (Å²) in [5, 5.41) is 5.91. The lowest BCUT2D eigenvalue weighted by Gasteiger charge is -2.23. The fourth-order valence-corrected chi connectivity index (χ4v) is 2.16. The molecule has 3 nitrogen and oxygen atoms in total. The van der Waals surface area contributed by atoms with Gasteiger partial charge in [0.1, 0.15) is 5.82 Å². The Kier molecular flexibility index (Phi) is 4.15. The van der Waals surface area contributed by atoms with Crippen LogP contribution < -0.4 is 11.1 Å². The number of nitrogens with two attached hydrogens (primary N) is 1. The van der Waals surface area contributed by atoms with E-state index in [9.17, 15) is 0 Å². The second-order valence-corrected chi connectivity index (χ2v) is 4.95. The Bertz CT molecular complexity index is 503. The molecule has 0 aliphatic carbocycles. The van der Waals surface area contributed by atoms with Gasteiger partial charge in [-0.15, -0.1) is 0 Å². The normalized spacial score (nSPS) is 12.9. The molecule has 0 aliphatic heterocycles. The highest BCUT2D eigenvalue weighted by molar-refractivity contribution is 5.91. The third-order valence-corrected chi connectivity index (χ3v) is 3.28. The monoisotopic (exact) mass is 243 g/mol. The van der Waals surface area contributed by atoms with Crippen molar-refractivity contribution in [3.63, 3.8) is 0 Å². The summed E-state index contributed by atoms with van der Waals surface area (Å²) in [6, 6.07) is 10.7. The number of nitrogens with zero attached hydrogens (tertiary/aromatic N) is 1. The minimum absolute atomic E-state index is 0.369. The van der Waals surface area contributed by atoms with Crippen LogP contribution in [0.15, 0.2) is 36.5 Å². The van der Waals surface area contributed by atoms with Crippen LogP contribution in [-0.4, -0.2) is 17.6 Å². The molecule has 0 fully saturated rings. The summed E-state index contributed by atoms with van der Waals surface area (Å²) in [5.74, 6) is 1.49. The SMILES string of the molecule is CC(C)C(CCN)Nc1nccc2ccccc12. The molecule has 2 aromatic rings. The van der Waals surface area contributed by atoms with E-state index in [1.165, 1.54) is 10.8 Å². The molecule has 3 heteroatoms. The van der Waals surface area contributed by atoms with E-state index < -0.39 is 0 Å². The van der Waals surface area contributed by atoms with E-state index in [0.29, 0.717) is 18.5 Å². The molecule has 1 aromatic heterocycles. The number of pyridine rings is 1. The lowest BCUT2D eigenvalue weighted by atomic mass is 10.0. The molecule has 0 spiro atoms. The Morgan fingerprint density at radius 1 is 1.22 bits per heavy atom. The molecule has 18 heavy (non-hydrogen) atoms. The summed E-state index contributed by atoms with van der Waals surface area (Å²) in [6.45, 7) is 5.11. The number of nitrogens with one attached hydrogen (secondary N) is 1. The van der Waals surface area contributed by atoms with Gasteiger partial charge in [-0.2, -0.15) is 0 Å². The predicted molar refractivity (Wildman–Crippen MR) is 77.7 cm³/mol. The van der Waals surface area contributed by atoms with Crippen molar-refractivity contribution >= 4 is 16.6 Å². The maximum absolute atomic E-state index is 5.67. The summed E-state index contributed by atoms with van der Waals surface area (Å²) >= 11 is 0. The van der Waals surface area contributed by atoms with E-state index in [-0.39, 0.29) is 0 Å². The third kappa shape index (κ3) is 2.79. The van der Waals surface area contributed by atoms with Crippen molar-refractivity contribution in [2.75, 3.05) is 11.9 Å². The van der Waals surface area contributed by atoms with Crippen molar-refractivity contribution in [3.05, 3.63) is 36.5 Å². The van der Waals surface area contributed by atoms with Crippen LogP contribution in [0.1, 0.15) is 20.3 Å². The fraction of sp³-hybridized carbons (Fsp3) is 0.400. The first-order valence-corrected chi connectivity index (χ1v) is 6.52. The number of rotatable bonds is 5. The van der Waals surface area contributed by atoms with Crippen LogP contribution in [0.2, 0.25) is 0 Å². The van der Waals surface area contributed by atoms with Crippen LogP contribution in [0.25, 0.3) is 10.8 Å². The molecule has 2 rings (SSSR count). The van der Waals surface area contributed by atoms with E-state index in [1.54, 1.807) is 0 Å². The van der Waals surface area contributed by atoms with E-state index in [1.807, 2.05) is 24.4 Å². The van der Waals surface area contributed by atoms with Crippen LogP contribution >= 0.6 is 0 Å². The maximum atomic E-state index is 5.67. The van der Waals surface area contributed by atoms with Crippen LogP contribution in [0, 0.1) is 5.92 Å². The van der Waals surface area contributed by atoms with Crippen LogP contribution in [0.4, 0.5) is 5.82 Å². The predicted octanol–water partition coefficient (Wildman–Crippen LogP) is 3.02. The first-order valence-electron chi connectivity index (χ1n) is 6.52. The number of hydrogen-bond donors (Lipinski definition) is 2. The first-order chi connectivity index (χ1) is 8.72. The molecule has 0 aliphatic rings. The average molecular weight is 243 g/mol. The van der Waals surface area contributed by atoms with Gasteiger partial charge in [-0.1, -0.05) is 38.1 Å². The zero-order valence-corrected chi connectivity index (χ0v) is 11.1. The molecule has 1 atom stereocenters. The Labute approximate surface area is 108 Å². The van der Waals surface area contributed by atoms with E-state index in [2.05, 4.69) is 36.3 Å². The van der Waals surface area contributed by atoms with Gasteiger partial charge in [-0.3, -0.25) is 0 Å². The Balaban J connectivity index is 2.30. The second kappa shape index (κ2) is 5.83. The number of aromatic nitrogens is 1. The molecule has 3 N–H and O–H groups in total. The summed E-state index contributed by atoms with van der Waals surface area (Å²) in [4.78, 5) is 4.46. The van der Waals surface area contributed by atoms with Crippen molar-refractivity contribution in [2.45, 2.75) is 26.3 Å². The molecule has 1 aromatic carbocycles. The van der Waals surface area contributed by atoms with Gasteiger partial charge in [0.05, 0.1) is 0 Å². The number of hydrogen-bond acceptors (Lipinski definition) is 3. The smallest absolute Gasteiger partial charge is 0.134 e. The largest absolute Gasteiger partial charge is 0.367 e. The zero-order valence-electron chi connectivity index (χ0n) is 11.1. The van der Waals surface area contributed by atoms with E-state index >= 15 is 0 Å². The molecule has 1 unspecified atom stereocenters. The van der Waals surface area contributed by atoms with Gasteiger partial charge in [0.25, 0.3) is 0 Å². The lowest BCUT2D eigenvalue weighted by molar-refractivity contribution is 0.498. The van der Waals surface area contributed by atoms with Crippen molar-refractivity contribution in [2.24, 2.45) is 11.7 Å². The highest BCUT2D eigenvalue weighted by atomic mass is 15.0. The summed E-state index contributed by atoms with van der Waals surface area (Å²) in [5.41, 5.74) is 5.67. The summed E-state index contributed by atoms with van der Waals surface area (Å²) in [6.07, 6.45) is 2.81. The van der Waals surface area contributed by atoms with Crippen LogP contribution in [-0.2, 0) is 0 Å². The molecule has 0 saturated heterocycles. The lowest BCUT2D eigenvalue weighted by Crippen LogP contribution is -2.28. The van der Waals surface area contributed by atoms with Gasteiger partial charge >= 0.3 is 0 Å². The highest BCUT2D eigenvalue weighted by Crippen LogP contribution is 2.22. The van der Waals surface area contributed by atoms with Crippen molar-refractivity contribution in [3.8, 4) is 0 Å². The van der Waals surface area contributed by atoms with Crippen molar-refractivity contribution in [1.29, 1.82) is 0 Å². The Hall–Kier alpha value is -1.61. The standard InChI is InChI=1S/C15H21N3/c1-11(2)14(7-9-16)18-15-13-6-4-3-5-12(13)8-10-17-15/h3-6,8,10-11,14H,7,9,16H2,1-2H3,(H,17,18). The van der Waals surface area contributed by atoms with Gasteiger partial charge in [0.15, 0.2) is 0 Å². The number of anilines is 1. The van der Waals surface area contributed by atoms with Gasteiger partial charge < -0.3 is 11.1 Å². The topological polar surface area (TPSA) is 50.9 Å². The van der Waals surface area contributed by atoms with Gasteiger partial charge in [0.2, 0.25) is 0 Å². The van der Waals surface area contributed by atoms with Crippen LogP contribution in [0.3, 0.4) is 0 Å². The average Bonchev–Trinajstić information content (AvgIpc) is 2.38. The van der Waals surface area contributed by atoms with E-state index in [0.717, 1.165) is 12.2 Å². The summed E-state index contributed by atoms with van der Waals surface area (Å²) in [7, 11) is 0. The first kappa shape index (κ1) is 12.8. The zero-order chi connectivity index (χ0) is 13.0. The third-order valence-electron chi connectivity index (χ3n) is 3.28. The molecular formula is C15H21N3. The van der Waals surface area contributed by atoms with Crippen molar-refractivity contribution in [1.82, 2.24) is 4.98 Å². The molecule has 1 heterocycles. The van der Waals surface area contributed by atoms with Gasteiger partial charge in [-0.05, 0) is 30.3 Å². The maximum Gasteiger partial charge on any atom is 0.134 e. The second-order valence-electron chi connectivity index (χ2n) is 4.95. The fourth-order valence-electron chi connectivity index (χ4n) is 2.16. The summed E-state index contributed by atoms with van der Waals surface area (Å²) < 4.78 is 0. The van der Waals surface area contributed by atoms with Gasteiger partial charge in [0, 0.05) is 17.6 Å². The van der Waals surface area contributed by atoms with Crippen LogP contribution in [0.5, 0.6) is 0 Å². The number of benzene rings is 1. The minimum atomic E-state index is 0.369. The van der Waals surface area contributed by atoms with Gasteiger partial charge in [-0.25, -0.2) is 4.98 Å². The molecule has 96 valence electrons. The van der Waals surface area contributed by atoms with E-state index in [4.69, 9.17) is 5.73 Å².